The van der Waals surface area contributed by atoms with Gasteiger partial charge < -0.3 is 9.47 Å². The molecule has 0 aromatic heterocycles. The summed E-state index contributed by atoms with van der Waals surface area (Å²) in [6.45, 7) is 1.58. The zero-order chi connectivity index (χ0) is 17.2. The van der Waals surface area contributed by atoms with Gasteiger partial charge in [-0.1, -0.05) is 6.92 Å². The molecule has 0 spiro atoms. The Morgan fingerprint density at radius 1 is 1.26 bits per heavy atom. The minimum Gasteiger partial charge on any atom is -0.497 e. The molecule has 0 amide bonds. The summed E-state index contributed by atoms with van der Waals surface area (Å²) in [6.07, 6.45) is -4.49. The van der Waals surface area contributed by atoms with Gasteiger partial charge in [0.2, 0.25) is 0 Å². The Kier molecular flexibility index (Phi) is 4.82. The lowest BCUT2D eigenvalue weighted by Gasteiger charge is -2.25. The molecule has 0 N–H and O–H groups in total. The fraction of sp³-hybridized carbons (Fsp3) is 0.467. The van der Waals surface area contributed by atoms with Crippen LogP contribution < -0.4 is 9.75 Å². The molecule has 0 fully saturated rings. The Morgan fingerprint density at radius 2 is 1.87 bits per heavy atom. The standard InChI is InChI=1S/C15H17F3N2O3/c1-4-11-12(14(21)23-3)20(19-13(11)15(16,17)18)9-5-7-10(22-2)8-6-9/h5-8,11-12H,4H2,1-3H3/t11-,12+/m1/s1. The number of ether oxygens (including phenoxy) is 2. The Bertz CT molecular complexity index is 599. The van der Waals surface area contributed by atoms with E-state index in [9.17, 15) is 18.0 Å². The number of carbonyl (C=O) groups excluding carboxylic acids is 1. The van der Waals surface area contributed by atoms with Crippen molar-refractivity contribution < 1.29 is 27.4 Å². The second kappa shape index (κ2) is 6.47. The van der Waals surface area contributed by atoms with E-state index < -0.39 is 29.8 Å². The molecule has 0 unspecified atom stereocenters. The quantitative estimate of drug-likeness (QED) is 0.797. The van der Waals surface area contributed by atoms with E-state index in [1.807, 2.05) is 0 Å². The molecule has 0 saturated heterocycles. The van der Waals surface area contributed by atoms with Crippen molar-refractivity contribution >= 4 is 17.4 Å². The van der Waals surface area contributed by atoms with Crippen molar-refractivity contribution in [1.29, 1.82) is 0 Å². The van der Waals surface area contributed by atoms with Crippen molar-refractivity contribution in [2.24, 2.45) is 11.0 Å². The topological polar surface area (TPSA) is 51.1 Å². The Hall–Kier alpha value is -2.25. The summed E-state index contributed by atoms with van der Waals surface area (Å²) in [5.41, 5.74) is -0.606. The van der Waals surface area contributed by atoms with Gasteiger partial charge in [-0.05, 0) is 30.7 Å². The summed E-state index contributed by atoms with van der Waals surface area (Å²) in [5, 5.41) is 4.74. The van der Waals surface area contributed by atoms with Crippen LogP contribution in [0.15, 0.2) is 29.4 Å². The highest BCUT2D eigenvalue weighted by Gasteiger charge is 2.52. The molecule has 0 aliphatic carbocycles. The summed E-state index contributed by atoms with van der Waals surface area (Å²) in [6, 6.07) is 5.13. The second-order valence-electron chi connectivity index (χ2n) is 5.01. The zero-order valence-corrected chi connectivity index (χ0v) is 12.9. The lowest BCUT2D eigenvalue weighted by Crippen LogP contribution is -2.43. The zero-order valence-electron chi connectivity index (χ0n) is 12.9. The molecule has 1 heterocycles. The molecule has 0 saturated carbocycles. The Balaban J connectivity index is 2.47. The van der Waals surface area contributed by atoms with Crippen molar-refractivity contribution in [2.75, 3.05) is 19.2 Å². The number of methoxy groups -OCH3 is 2. The Morgan fingerprint density at radius 3 is 2.30 bits per heavy atom. The van der Waals surface area contributed by atoms with Crippen LogP contribution >= 0.6 is 0 Å². The maximum Gasteiger partial charge on any atom is 0.431 e. The number of anilines is 1. The largest absolute Gasteiger partial charge is 0.497 e. The molecule has 2 rings (SSSR count). The van der Waals surface area contributed by atoms with Crippen molar-refractivity contribution in [2.45, 2.75) is 25.6 Å². The fourth-order valence-electron chi connectivity index (χ4n) is 2.59. The third kappa shape index (κ3) is 3.25. The molecule has 2 atom stereocenters. The number of carbonyl (C=O) groups is 1. The highest BCUT2D eigenvalue weighted by atomic mass is 19.4. The molecule has 23 heavy (non-hydrogen) atoms. The van der Waals surface area contributed by atoms with E-state index in [2.05, 4.69) is 9.84 Å². The first-order valence-corrected chi connectivity index (χ1v) is 7.00. The molecule has 0 bridgehead atoms. The first-order chi connectivity index (χ1) is 10.8. The minimum absolute atomic E-state index is 0.116. The van der Waals surface area contributed by atoms with E-state index in [1.165, 1.54) is 7.11 Å². The molecule has 5 nitrogen and oxygen atoms in total. The van der Waals surface area contributed by atoms with Gasteiger partial charge in [0.1, 0.15) is 11.5 Å². The third-order valence-electron chi connectivity index (χ3n) is 3.72. The SMILES string of the molecule is CC[C@H]1C(C(F)(F)F)=NN(c2ccc(OC)cc2)[C@@H]1C(=O)OC. The van der Waals surface area contributed by atoms with Crippen LogP contribution in [0, 0.1) is 5.92 Å². The van der Waals surface area contributed by atoms with Gasteiger partial charge in [-0.2, -0.15) is 18.3 Å². The summed E-state index contributed by atoms with van der Waals surface area (Å²) in [7, 11) is 2.63. The van der Waals surface area contributed by atoms with Gasteiger partial charge in [-0.3, -0.25) is 5.01 Å². The average Bonchev–Trinajstić information content (AvgIpc) is 2.94. The van der Waals surface area contributed by atoms with E-state index in [4.69, 9.17) is 4.74 Å². The first kappa shape index (κ1) is 17.1. The number of alkyl halides is 3. The summed E-state index contributed by atoms with van der Waals surface area (Å²) in [4.78, 5) is 12.0. The van der Waals surface area contributed by atoms with E-state index in [-0.39, 0.29) is 6.42 Å². The normalized spacial score (nSPS) is 21.1. The van der Waals surface area contributed by atoms with Gasteiger partial charge in [0.25, 0.3) is 0 Å². The average molecular weight is 330 g/mol. The number of hydrogen-bond acceptors (Lipinski definition) is 5. The van der Waals surface area contributed by atoms with E-state index in [1.54, 1.807) is 31.2 Å². The van der Waals surface area contributed by atoms with Gasteiger partial charge in [-0.25, -0.2) is 4.79 Å². The number of benzene rings is 1. The summed E-state index contributed by atoms with van der Waals surface area (Å²) in [5.74, 6) is -1.28. The smallest absolute Gasteiger partial charge is 0.431 e. The van der Waals surface area contributed by atoms with Crippen LogP contribution in [0.2, 0.25) is 0 Å². The molecule has 1 aromatic rings. The highest BCUT2D eigenvalue weighted by molar-refractivity contribution is 6.01. The molecule has 8 heteroatoms. The van der Waals surface area contributed by atoms with Gasteiger partial charge in [0.15, 0.2) is 6.04 Å². The van der Waals surface area contributed by atoms with E-state index >= 15 is 0 Å². The van der Waals surface area contributed by atoms with Gasteiger partial charge in [0.05, 0.1) is 19.9 Å². The number of halogens is 3. The monoisotopic (exact) mass is 330 g/mol. The maximum atomic E-state index is 13.2. The van der Waals surface area contributed by atoms with E-state index in [0.717, 1.165) is 12.1 Å². The minimum atomic E-state index is -4.60. The van der Waals surface area contributed by atoms with Gasteiger partial charge in [0, 0.05) is 5.92 Å². The number of esters is 1. The molecular weight excluding hydrogens is 313 g/mol. The van der Waals surface area contributed by atoms with Crippen molar-refractivity contribution in [3.05, 3.63) is 24.3 Å². The van der Waals surface area contributed by atoms with Crippen LogP contribution in [-0.4, -0.2) is 38.1 Å². The number of hydrazone groups is 1. The van der Waals surface area contributed by atoms with Crippen molar-refractivity contribution in [3.63, 3.8) is 0 Å². The Labute approximate surface area is 131 Å². The first-order valence-electron chi connectivity index (χ1n) is 7.00. The third-order valence-corrected chi connectivity index (χ3v) is 3.72. The molecular formula is C15H17F3N2O3. The second-order valence-corrected chi connectivity index (χ2v) is 5.01. The maximum absolute atomic E-state index is 13.2. The molecule has 126 valence electrons. The number of rotatable bonds is 4. The lowest BCUT2D eigenvalue weighted by molar-refractivity contribution is -0.142. The molecule has 1 aliphatic rings. The van der Waals surface area contributed by atoms with Crippen LogP contribution in [0.1, 0.15) is 13.3 Å². The van der Waals surface area contributed by atoms with Gasteiger partial charge >= 0.3 is 12.1 Å². The van der Waals surface area contributed by atoms with Crippen LogP contribution in [0.4, 0.5) is 18.9 Å². The predicted molar refractivity (Wildman–Crippen MR) is 78.5 cm³/mol. The van der Waals surface area contributed by atoms with Crippen molar-refractivity contribution in [3.8, 4) is 5.75 Å². The summed E-state index contributed by atoms with van der Waals surface area (Å²) < 4.78 is 49.3. The van der Waals surface area contributed by atoms with Crippen LogP contribution in [-0.2, 0) is 9.53 Å². The molecule has 1 aromatic carbocycles. The predicted octanol–water partition coefficient (Wildman–Crippen LogP) is 3.00. The van der Waals surface area contributed by atoms with Crippen LogP contribution in [0.5, 0.6) is 5.75 Å². The fourth-order valence-corrected chi connectivity index (χ4v) is 2.59. The number of nitrogens with zero attached hydrogens (tertiary/aromatic N) is 2. The van der Waals surface area contributed by atoms with E-state index in [0.29, 0.717) is 11.4 Å². The number of hydrogen-bond donors (Lipinski definition) is 0. The summed E-state index contributed by atoms with van der Waals surface area (Å²) >= 11 is 0. The van der Waals surface area contributed by atoms with Crippen LogP contribution in [0.3, 0.4) is 0 Å². The highest BCUT2D eigenvalue weighted by Crippen LogP contribution is 2.37. The molecule has 1 aliphatic heterocycles. The molecule has 0 radical (unpaired) electrons. The van der Waals surface area contributed by atoms with Crippen molar-refractivity contribution in [1.82, 2.24) is 0 Å². The van der Waals surface area contributed by atoms with Crippen LogP contribution in [0.25, 0.3) is 0 Å². The van der Waals surface area contributed by atoms with Gasteiger partial charge in [-0.15, -0.1) is 0 Å². The lowest BCUT2D eigenvalue weighted by atomic mass is 9.92.